The van der Waals surface area contributed by atoms with Gasteiger partial charge >= 0.3 is 5.97 Å². The molecule has 0 radical (unpaired) electrons. The Hall–Kier alpha value is -2.04. The highest BCUT2D eigenvalue weighted by Gasteiger charge is 2.48. The first-order chi connectivity index (χ1) is 9.52. The van der Waals surface area contributed by atoms with Crippen molar-refractivity contribution in [2.24, 2.45) is 11.8 Å². The summed E-state index contributed by atoms with van der Waals surface area (Å²) in [6, 6.07) is 5.81. The molecule has 2 atom stereocenters. The van der Waals surface area contributed by atoms with Gasteiger partial charge in [-0.15, -0.1) is 0 Å². The summed E-state index contributed by atoms with van der Waals surface area (Å²) in [7, 11) is 0. The normalized spacial score (nSPS) is 20.3. The minimum absolute atomic E-state index is 0.194. The van der Waals surface area contributed by atoms with E-state index in [2.05, 4.69) is 5.32 Å². The quantitative estimate of drug-likeness (QED) is 0.830. The number of amides is 1. The largest absolute Gasteiger partial charge is 0.494 e. The van der Waals surface area contributed by atoms with Gasteiger partial charge in [0.2, 0.25) is 5.91 Å². The molecule has 1 saturated carbocycles. The van der Waals surface area contributed by atoms with E-state index in [-0.39, 0.29) is 11.8 Å². The zero-order valence-corrected chi connectivity index (χ0v) is 11.7. The van der Waals surface area contributed by atoms with Crippen molar-refractivity contribution in [1.29, 1.82) is 0 Å². The van der Waals surface area contributed by atoms with Crippen LogP contribution >= 0.6 is 0 Å². The molecular weight excluding hydrogens is 258 g/mol. The minimum Gasteiger partial charge on any atom is -0.494 e. The third kappa shape index (κ3) is 3.29. The van der Waals surface area contributed by atoms with E-state index < -0.39 is 11.9 Å². The number of rotatable bonds is 6. The van der Waals surface area contributed by atoms with Gasteiger partial charge < -0.3 is 15.2 Å². The lowest BCUT2D eigenvalue weighted by atomic mass is 10.1. The summed E-state index contributed by atoms with van der Waals surface area (Å²) in [6.07, 6.45) is 0.438. The molecule has 1 amide bonds. The standard InChI is InChI=1S/C15H19NO4/c1-3-20-13-6-9(2)4-5-10(13)8-16-14(17)11-7-12(11)15(18)19/h4-6,11-12H,3,7-8H2,1-2H3,(H,16,17)(H,18,19)/t11-,12-/m1/s1. The average molecular weight is 277 g/mol. The minimum atomic E-state index is -0.893. The maximum absolute atomic E-state index is 11.8. The van der Waals surface area contributed by atoms with Crippen LogP contribution in [0.1, 0.15) is 24.5 Å². The van der Waals surface area contributed by atoms with Crippen molar-refractivity contribution in [3.63, 3.8) is 0 Å². The first-order valence-corrected chi connectivity index (χ1v) is 6.75. The van der Waals surface area contributed by atoms with Crippen LogP contribution in [0.3, 0.4) is 0 Å². The lowest BCUT2D eigenvalue weighted by Gasteiger charge is -2.12. The third-order valence-electron chi connectivity index (χ3n) is 3.42. The predicted molar refractivity (Wildman–Crippen MR) is 73.4 cm³/mol. The van der Waals surface area contributed by atoms with Gasteiger partial charge in [-0.3, -0.25) is 9.59 Å². The van der Waals surface area contributed by atoms with E-state index in [4.69, 9.17) is 9.84 Å². The molecule has 1 aliphatic rings. The second-order valence-electron chi connectivity index (χ2n) is 5.05. The van der Waals surface area contributed by atoms with Crippen molar-refractivity contribution >= 4 is 11.9 Å². The maximum Gasteiger partial charge on any atom is 0.307 e. The number of aliphatic carboxylic acids is 1. The predicted octanol–water partition coefficient (Wildman–Crippen LogP) is 1.73. The van der Waals surface area contributed by atoms with E-state index in [1.165, 1.54) is 0 Å². The number of carbonyl (C=O) groups excluding carboxylic acids is 1. The Bertz CT molecular complexity index is 527. The molecule has 5 nitrogen and oxygen atoms in total. The smallest absolute Gasteiger partial charge is 0.307 e. The topological polar surface area (TPSA) is 75.6 Å². The van der Waals surface area contributed by atoms with Gasteiger partial charge in [0, 0.05) is 12.1 Å². The van der Waals surface area contributed by atoms with Crippen LogP contribution < -0.4 is 10.1 Å². The maximum atomic E-state index is 11.8. The van der Waals surface area contributed by atoms with E-state index >= 15 is 0 Å². The summed E-state index contributed by atoms with van der Waals surface area (Å²) in [5, 5.41) is 11.6. The van der Waals surface area contributed by atoms with E-state index in [1.54, 1.807) is 0 Å². The van der Waals surface area contributed by atoms with Crippen molar-refractivity contribution < 1.29 is 19.4 Å². The number of carbonyl (C=O) groups is 2. The fraction of sp³-hybridized carbons (Fsp3) is 0.467. The zero-order chi connectivity index (χ0) is 14.7. The van der Waals surface area contributed by atoms with E-state index in [0.29, 0.717) is 19.6 Å². The summed E-state index contributed by atoms with van der Waals surface area (Å²) in [4.78, 5) is 22.5. The Morgan fingerprint density at radius 3 is 2.75 bits per heavy atom. The van der Waals surface area contributed by atoms with Crippen molar-refractivity contribution in [2.75, 3.05) is 6.61 Å². The van der Waals surface area contributed by atoms with Crippen LogP contribution in [0, 0.1) is 18.8 Å². The number of carboxylic acid groups (broad SMARTS) is 1. The summed E-state index contributed by atoms with van der Waals surface area (Å²) >= 11 is 0. The van der Waals surface area contributed by atoms with Crippen LogP contribution in [0.5, 0.6) is 5.75 Å². The number of carboxylic acids is 1. The van der Waals surface area contributed by atoms with E-state index in [1.807, 2.05) is 32.0 Å². The summed E-state index contributed by atoms with van der Waals surface area (Å²) in [5.74, 6) is -1.22. The van der Waals surface area contributed by atoms with Crippen LogP contribution in [0.15, 0.2) is 18.2 Å². The molecule has 0 heterocycles. The number of benzene rings is 1. The molecule has 2 N–H and O–H groups in total. The molecule has 2 rings (SSSR count). The van der Waals surface area contributed by atoms with Gasteiger partial charge in [0.25, 0.3) is 0 Å². The molecule has 1 aromatic carbocycles. The Balaban J connectivity index is 1.94. The van der Waals surface area contributed by atoms with E-state index in [0.717, 1.165) is 16.9 Å². The molecular formula is C15H19NO4. The molecule has 1 aromatic rings. The van der Waals surface area contributed by atoms with Gasteiger partial charge in [-0.1, -0.05) is 12.1 Å². The lowest BCUT2D eigenvalue weighted by Crippen LogP contribution is -2.26. The molecule has 0 bridgehead atoms. The highest BCUT2D eigenvalue weighted by Crippen LogP contribution is 2.38. The van der Waals surface area contributed by atoms with Crippen molar-refractivity contribution in [3.8, 4) is 5.75 Å². The SMILES string of the molecule is CCOc1cc(C)ccc1CNC(=O)[C@@H]1C[C@H]1C(=O)O. The second-order valence-corrected chi connectivity index (χ2v) is 5.05. The van der Waals surface area contributed by atoms with Gasteiger partial charge in [0.1, 0.15) is 5.75 Å². The van der Waals surface area contributed by atoms with Crippen molar-refractivity contribution in [2.45, 2.75) is 26.8 Å². The van der Waals surface area contributed by atoms with Crippen molar-refractivity contribution in [1.82, 2.24) is 5.32 Å². The fourth-order valence-electron chi connectivity index (χ4n) is 2.17. The number of hydrogen-bond acceptors (Lipinski definition) is 3. The molecule has 108 valence electrons. The van der Waals surface area contributed by atoms with Crippen LogP contribution in [0.25, 0.3) is 0 Å². The molecule has 0 aromatic heterocycles. The highest BCUT2D eigenvalue weighted by molar-refractivity contribution is 5.89. The number of ether oxygens (including phenoxy) is 1. The molecule has 0 aliphatic heterocycles. The van der Waals surface area contributed by atoms with Gasteiger partial charge in [-0.2, -0.15) is 0 Å². The Morgan fingerprint density at radius 2 is 2.15 bits per heavy atom. The zero-order valence-electron chi connectivity index (χ0n) is 11.7. The van der Waals surface area contributed by atoms with Gasteiger partial charge in [0.05, 0.1) is 18.4 Å². The summed E-state index contributed by atoms with van der Waals surface area (Å²) in [6.45, 7) is 4.81. The number of aryl methyl sites for hydroxylation is 1. The molecule has 1 fully saturated rings. The second kappa shape index (κ2) is 5.94. The Kier molecular flexibility index (Phi) is 4.27. The van der Waals surface area contributed by atoms with Gasteiger partial charge in [-0.05, 0) is 31.9 Å². The Labute approximate surface area is 117 Å². The van der Waals surface area contributed by atoms with Gasteiger partial charge in [0.15, 0.2) is 0 Å². The van der Waals surface area contributed by atoms with Gasteiger partial charge in [-0.25, -0.2) is 0 Å². The third-order valence-corrected chi connectivity index (χ3v) is 3.42. The fourth-order valence-corrected chi connectivity index (χ4v) is 2.17. The molecule has 20 heavy (non-hydrogen) atoms. The van der Waals surface area contributed by atoms with Crippen LogP contribution in [-0.4, -0.2) is 23.6 Å². The summed E-state index contributed by atoms with van der Waals surface area (Å²) in [5.41, 5.74) is 2.00. The first-order valence-electron chi connectivity index (χ1n) is 6.75. The van der Waals surface area contributed by atoms with Crippen LogP contribution in [0.2, 0.25) is 0 Å². The number of nitrogens with one attached hydrogen (secondary N) is 1. The molecule has 0 unspecified atom stereocenters. The molecule has 0 saturated heterocycles. The monoisotopic (exact) mass is 277 g/mol. The molecule has 0 spiro atoms. The summed E-state index contributed by atoms with van der Waals surface area (Å²) < 4.78 is 5.54. The van der Waals surface area contributed by atoms with Crippen LogP contribution in [-0.2, 0) is 16.1 Å². The number of hydrogen-bond donors (Lipinski definition) is 2. The van der Waals surface area contributed by atoms with Crippen molar-refractivity contribution in [3.05, 3.63) is 29.3 Å². The molecule has 5 heteroatoms. The van der Waals surface area contributed by atoms with E-state index in [9.17, 15) is 9.59 Å². The Morgan fingerprint density at radius 1 is 1.40 bits per heavy atom. The molecule has 1 aliphatic carbocycles. The average Bonchev–Trinajstić information content (AvgIpc) is 3.18. The lowest BCUT2D eigenvalue weighted by molar-refractivity contribution is -0.140. The highest BCUT2D eigenvalue weighted by atomic mass is 16.5. The first kappa shape index (κ1) is 14.4. The van der Waals surface area contributed by atoms with Crippen LogP contribution in [0.4, 0.5) is 0 Å².